The molecular weight excluding hydrogens is 422 g/mol. The van der Waals surface area contributed by atoms with E-state index in [0.717, 1.165) is 5.56 Å². The van der Waals surface area contributed by atoms with Gasteiger partial charge in [0.2, 0.25) is 10.0 Å². The van der Waals surface area contributed by atoms with Crippen LogP contribution in [0.3, 0.4) is 0 Å². The summed E-state index contributed by atoms with van der Waals surface area (Å²) in [5, 5.41) is 7.79. The third kappa shape index (κ3) is 6.34. The van der Waals surface area contributed by atoms with E-state index >= 15 is 0 Å². The zero-order chi connectivity index (χ0) is 21.6. The molecule has 0 saturated carbocycles. The van der Waals surface area contributed by atoms with Crippen LogP contribution in [-0.4, -0.2) is 40.6 Å². The van der Waals surface area contributed by atoms with Gasteiger partial charge in [-0.15, -0.1) is 0 Å². The number of esters is 1. The van der Waals surface area contributed by atoms with E-state index < -0.39 is 28.5 Å². The number of anilines is 1. The van der Waals surface area contributed by atoms with Crippen molar-refractivity contribution in [1.82, 2.24) is 5.32 Å². The number of primary sulfonamides is 1. The molecule has 11 heteroatoms. The van der Waals surface area contributed by atoms with Gasteiger partial charge in [-0.1, -0.05) is 23.7 Å². The number of hydrogen-bond donors (Lipinski definition) is 3. The maximum absolute atomic E-state index is 12.2. The summed E-state index contributed by atoms with van der Waals surface area (Å²) in [5.74, 6) is -1.10. The number of nitrogens with two attached hydrogens (primary N) is 2. The van der Waals surface area contributed by atoms with E-state index in [4.69, 9.17) is 31.9 Å². The summed E-state index contributed by atoms with van der Waals surface area (Å²) in [7, 11) is -2.38. The molecule has 0 bridgehead atoms. The molecular formula is C18H20ClN3O6S. The molecule has 0 aliphatic heterocycles. The Morgan fingerprint density at radius 1 is 1.17 bits per heavy atom. The summed E-state index contributed by atoms with van der Waals surface area (Å²) in [6.07, 6.45) is 0.450. The summed E-state index contributed by atoms with van der Waals surface area (Å²) >= 11 is 5.90. The second kappa shape index (κ2) is 9.59. The van der Waals surface area contributed by atoms with Crippen molar-refractivity contribution in [2.75, 3.05) is 26.0 Å². The topological polar surface area (TPSA) is 151 Å². The second-order valence-electron chi connectivity index (χ2n) is 5.94. The molecule has 0 aromatic heterocycles. The van der Waals surface area contributed by atoms with E-state index in [1.54, 1.807) is 12.1 Å². The van der Waals surface area contributed by atoms with Crippen LogP contribution in [0.1, 0.15) is 15.9 Å². The predicted octanol–water partition coefficient (Wildman–Crippen LogP) is 1.09. The summed E-state index contributed by atoms with van der Waals surface area (Å²) in [6.45, 7) is -0.226. The molecule has 0 radical (unpaired) electrons. The number of benzene rings is 2. The van der Waals surface area contributed by atoms with Crippen LogP contribution >= 0.6 is 11.6 Å². The van der Waals surface area contributed by atoms with E-state index in [2.05, 4.69) is 5.32 Å². The van der Waals surface area contributed by atoms with Crippen molar-refractivity contribution in [3.05, 3.63) is 52.5 Å². The van der Waals surface area contributed by atoms with Gasteiger partial charge in [-0.05, 0) is 30.2 Å². The first-order valence-corrected chi connectivity index (χ1v) is 10.2. The highest BCUT2D eigenvalue weighted by molar-refractivity contribution is 7.89. The molecule has 0 aliphatic rings. The molecule has 5 N–H and O–H groups in total. The maximum Gasteiger partial charge on any atom is 0.342 e. The fraction of sp³-hybridized carbons (Fsp3) is 0.222. The van der Waals surface area contributed by atoms with Gasteiger partial charge in [-0.3, -0.25) is 4.79 Å². The number of carbonyl (C=O) groups is 2. The van der Waals surface area contributed by atoms with E-state index in [9.17, 15) is 18.0 Å². The van der Waals surface area contributed by atoms with Crippen LogP contribution in [0, 0.1) is 0 Å². The van der Waals surface area contributed by atoms with E-state index in [1.807, 2.05) is 0 Å². The highest BCUT2D eigenvalue weighted by Gasteiger charge is 2.17. The summed E-state index contributed by atoms with van der Waals surface area (Å²) in [4.78, 5) is 24.0. The zero-order valence-corrected chi connectivity index (χ0v) is 17.0. The first-order valence-electron chi connectivity index (χ1n) is 8.30. The molecule has 0 spiro atoms. The van der Waals surface area contributed by atoms with E-state index in [0.29, 0.717) is 6.42 Å². The average molecular weight is 442 g/mol. The molecule has 156 valence electrons. The highest BCUT2D eigenvalue weighted by atomic mass is 35.5. The molecule has 1 amide bonds. The van der Waals surface area contributed by atoms with Crippen LogP contribution in [-0.2, 0) is 26.0 Å². The van der Waals surface area contributed by atoms with Crippen LogP contribution in [0.15, 0.2) is 41.3 Å². The number of methoxy groups -OCH3 is 1. The number of ether oxygens (including phenoxy) is 2. The van der Waals surface area contributed by atoms with Crippen molar-refractivity contribution < 1.29 is 27.5 Å². The van der Waals surface area contributed by atoms with Gasteiger partial charge in [0, 0.05) is 12.6 Å². The summed E-state index contributed by atoms with van der Waals surface area (Å²) in [5.41, 5.74) is 6.75. The lowest BCUT2D eigenvalue weighted by atomic mass is 10.1. The number of nitrogens with one attached hydrogen (secondary N) is 1. The molecule has 2 rings (SSSR count). The molecule has 0 saturated heterocycles. The minimum atomic E-state index is -3.74. The van der Waals surface area contributed by atoms with Crippen LogP contribution in [0.5, 0.6) is 5.75 Å². The Hall–Kier alpha value is -2.82. The minimum Gasteiger partial charge on any atom is -0.496 e. The molecule has 0 atom stereocenters. The van der Waals surface area contributed by atoms with Crippen molar-refractivity contribution in [2.45, 2.75) is 11.3 Å². The minimum absolute atomic E-state index is 0.00963. The van der Waals surface area contributed by atoms with Crippen molar-refractivity contribution in [1.29, 1.82) is 0 Å². The Kier molecular flexibility index (Phi) is 7.43. The number of hydrogen-bond acceptors (Lipinski definition) is 7. The molecule has 9 nitrogen and oxygen atoms in total. The van der Waals surface area contributed by atoms with Gasteiger partial charge in [0.25, 0.3) is 5.91 Å². The summed E-state index contributed by atoms with van der Waals surface area (Å²) < 4.78 is 32.5. The zero-order valence-electron chi connectivity index (χ0n) is 15.5. The van der Waals surface area contributed by atoms with Gasteiger partial charge in [0.1, 0.15) is 11.3 Å². The van der Waals surface area contributed by atoms with Gasteiger partial charge >= 0.3 is 5.97 Å². The second-order valence-corrected chi connectivity index (χ2v) is 7.91. The molecule has 0 heterocycles. The van der Waals surface area contributed by atoms with Crippen LogP contribution in [0.25, 0.3) is 0 Å². The Labute approximate surface area is 173 Å². The van der Waals surface area contributed by atoms with Crippen molar-refractivity contribution in [2.24, 2.45) is 5.14 Å². The fourth-order valence-corrected chi connectivity index (χ4v) is 3.03. The number of nitrogen functional groups attached to an aromatic ring is 1. The molecule has 2 aromatic rings. The lowest BCUT2D eigenvalue weighted by molar-refractivity contribution is -0.124. The smallest absolute Gasteiger partial charge is 0.342 e. The van der Waals surface area contributed by atoms with E-state index in [1.165, 1.54) is 31.4 Å². The first kappa shape index (κ1) is 22.5. The Morgan fingerprint density at radius 2 is 1.83 bits per heavy atom. The van der Waals surface area contributed by atoms with Gasteiger partial charge in [-0.25, -0.2) is 18.4 Å². The molecule has 2 aromatic carbocycles. The number of rotatable bonds is 8. The first-order chi connectivity index (χ1) is 13.6. The maximum atomic E-state index is 12.2. The fourth-order valence-electron chi connectivity index (χ4n) is 2.35. The lowest BCUT2D eigenvalue weighted by Gasteiger charge is -2.11. The molecule has 0 aliphatic carbocycles. The van der Waals surface area contributed by atoms with Gasteiger partial charge in [0.15, 0.2) is 6.61 Å². The predicted molar refractivity (Wildman–Crippen MR) is 107 cm³/mol. The standard InChI is InChI=1S/C18H20ClN3O6S/c1-27-16-9-15(20)14(19)8-13(16)18(24)28-10-17(23)22-7-6-11-2-4-12(5-3-11)29(21,25)26/h2-5,8-9H,6-7,10,20H2,1H3,(H,22,23)(H2,21,25,26). The van der Waals surface area contributed by atoms with E-state index in [-0.39, 0.29) is 33.5 Å². The third-order valence-electron chi connectivity index (χ3n) is 3.86. The number of carbonyl (C=O) groups excluding carboxylic acids is 2. The van der Waals surface area contributed by atoms with Gasteiger partial charge < -0.3 is 20.5 Å². The number of halogens is 1. The summed E-state index contributed by atoms with van der Waals surface area (Å²) in [6, 6.07) is 8.67. The number of amides is 1. The number of sulfonamides is 1. The van der Waals surface area contributed by atoms with Gasteiger partial charge in [-0.2, -0.15) is 0 Å². The van der Waals surface area contributed by atoms with Crippen LogP contribution in [0.4, 0.5) is 5.69 Å². The Bertz CT molecular complexity index is 1010. The van der Waals surface area contributed by atoms with Crippen molar-refractivity contribution >= 4 is 39.2 Å². The van der Waals surface area contributed by atoms with Crippen LogP contribution in [0.2, 0.25) is 5.02 Å². The largest absolute Gasteiger partial charge is 0.496 e. The average Bonchev–Trinajstić information content (AvgIpc) is 2.67. The Morgan fingerprint density at radius 3 is 2.41 bits per heavy atom. The van der Waals surface area contributed by atoms with Crippen molar-refractivity contribution in [3.8, 4) is 5.75 Å². The molecule has 0 unspecified atom stereocenters. The highest BCUT2D eigenvalue weighted by Crippen LogP contribution is 2.29. The normalized spacial score (nSPS) is 11.0. The van der Waals surface area contributed by atoms with Gasteiger partial charge in [0.05, 0.1) is 22.7 Å². The molecule has 29 heavy (non-hydrogen) atoms. The van der Waals surface area contributed by atoms with Crippen LogP contribution < -0.4 is 20.9 Å². The third-order valence-corrected chi connectivity index (χ3v) is 5.12. The lowest BCUT2D eigenvalue weighted by Crippen LogP contribution is -2.30. The quantitative estimate of drug-likeness (QED) is 0.409. The Balaban J connectivity index is 1.83. The SMILES string of the molecule is COc1cc(N)c(Cl)cc1C(=O)OCC(=O)NCCc1ccc(S(N)(=O)=O)cc1. The molecule has 0 fully saturated rings. The van der Waals surface area contributed by atoms with Crippen molar-refractivity contribution in [3.63, 3.8) is 0 Å². The monoisotopic (exact) mass is 441 g/mol.